The largest absolute Gasteiger partial charge is 0.375 e. The number of carbonyl (C=O) groups is 1. The van der Waals surface area contributed by atoms with Gasteiger partial charge in [0.15, 0.2) is 5.13 Å². The molecule has 0 aromatic carbocycles. The molecule has 2 aliphatic rings. The number of carbonyl (C=O) groups excluding carboxylic acids is 1. The number of nitrogen functional groups attached to an aromatic ring is 1. The van der Waals surface area contributed by atoms with Crippen LogP contribution in [0.2, 0.25) is 0 Å². The van der Waals surface area contributed by atoms with Gasteiger partial charge in [0, 0.05) is 25.0 Å². The maximum absolute atomic E-state index is 12.3. The molecule has 2 saturated heterocycles. The molecule has 0 atom stereocenters. The van der Waals surface area contributed by atoms with Crippen LogP contribution in [-0.2, 0) is 0 Å². The van der Waals surface area contributed by atoms with E-state index in [9.17, 15) is 4.79 Å². The molecule has 0 unspecified atom stereocenters. The average Bonchev–Trinajstić information content (AvgIpc) is 3.10. The Morgan fingerprint density at radius 2 is 2.00 bits per heavy atom. The molecule has 110 valence electrons. The highest BCUT2D eigenvalue weighted by Crippen LogP contribution is 2.22. The maximum Gasteiger partial charge on any atom is 0.273 e. The standard InChI is InChI=1S/C14H22N4OS/c15-14-16-12(10-20-14)13(19)18-7-3-11(4-8-18)9-17-5-1-2-6-17/h10-11H,1-9H2,(H2,15,16). The number of likely N-dealkylation sites (tertiary alicyclic amines) is 2. The minimum absolute atomic E-state index is 0.0394. The monoisotopic (exact) mass is 294 g/mol. The summed E-state index contributed by atoms with van der Waals surface area (Å²) in [5.74, 6) is 0.787. The number of thiazole rings is 1. The van der Waals surface area contributed by atoms with Crippen molar-refractivity contribution in [3.05, 3.63) is 11.1 Å². The van der Waals surface area contributed by atoms with E-state index in [-0.39, 0.29) is 5.91 Å². The van der Waals surface area contributed by atoms with Crippen LogP contribution in [0.15, 0.2) is 5.38 Å². The minimum atomic E-state index is 0.0394. The average molecular weight is 294 g/mol. The van der Waals surface area contributed by atoms with Crippen molar-refractivity contribution in [3.8, 4) is 0 Å². The van der Waals surface area contributed by atoms with Crippen LogP contribution in [0, 0.1) is 5.92 Å². The summed E-state index contributed by atoms with van der Waals surface area (Å²) in [7, 11) is 0. The third-order valence-corrected chi connectivity index (χ3v) is 5.03. The van der Waals surface area contributed by atoms with Crippen molar-refractivity contribution < 1.29 is 4.79 Å². The fourth-order valence-corrected chi connectivity index (χ4v) is 3.73. The molecule has 0 saturated carbocycles. The van der Waals surface area contributed by atoms with E-state index in [1.165, 1.54) is 43.8 Å². The van der Waals surface area contributed by atoms with E-state index in [4.69, 9.17) is 5.73 Å². The number of amides is 1. The normalized spacial score (nSPS) is 21.5. The highest BCUT2D eigenvalue weighted by atomic mass is 32.1. The Morgan fingerprint density at radius 3 is 2.60 bits per heavy atom. The lowest BCUT2D eigenvalue weighted by molar-refractivity contribution is 0.0668. The summed E-state index contributed by atoms with van der Waals surface area (Å²) < 4.78 is 0. The Hall–Kier alpha value is -1.14. The van der Waals surface area contributed by atoms with E-state index in [1.54, 1.807) is 5.38 Å². The van der Waals surface area contributed by atoms with Crippen molar-refractivity contribution in [2.24, 2.45) is 5.92 Å². The maximum atomic E-state index is 12.3. The van der Waals surface area contributed by atoms with Crippen molar-refractivity contribution in [1.82, 2.24) is 14.8 Å². The Labute approximate surface area is 123 Å². The topological polar surface area (TPSA) is 62.5 Å². The van der Waals surface area contributed by atoms with Gasteiger partial charge in [-0.3, -0.25) is 4.79 Å². The molecule has 2 fully saturated rings. The van der Waals surface area contributed by atoms with Crippen LogP contribution in [-0.4, -0.2) is 53.4 Å². The van der Waals surface area contributed by atoms with Gasteiger partial charge in [-0.1, -0.05) is 0 Å². The highest BCUT2D eigenvalue weighted by molar-refractivity contribution is 7.13. The zero-order valence-electron chi connectivity index (χ0n) is 11.8. The van der Waals surface area contributed by atoms with Gasteiger partial charge in [0.2, 0.25) is 0 Å². The summed E-state index contributed by atoms with van der Waals surface area (Å²) in [4.78, 5) is 20.9. The Bertz CT molecular complexity index is 461. The van der Waals surface area contributed by atoms with Crippen molar-refractivity contribution in [2.75, 3.05) is 38.5 Å². The first-order valence-corrected chi connectivity index (χ1v) is 8.33. The molecule has 0 bridgehead atoms. The zero-order chi connectivity index (χ0) is 13.9. The number of rotatable bonds is 3. The first kappa shape index (κ1) is 13.8. The van der Waals surface area contributed by atoms with Crippen molar-refractivity contribution in [3.63, 3.8) is 0 Å². The molecule has 1 aromatic heterocycles. The lowest BCUT2D eigenvalue weighted by Gasteiger charge is -2.33. The molecule has 2 aliphatic heterocycles. The predicted molar refractivity (Wildman–Crippen MR) is 80.8 cm³/mol. The van der Waals surface area contributed by atoms with E-state index in [1.807, 2.05) is 4.90 Å². The quantitative estimate of drug-likeness (QED) is 0.921. The molecule has 20 heavy (non-hydrogen) atoms. The number of aromatic nitrogens is 1. The van der Waals surface area contributed by atoms with Crippen LogP contribution in [0.4, 0.5) is 5.13 Å². The van der Waals surface area contributed by atoms with Crippen LogP contribution in [0.5, 0.6) is 0 Å². The predicted octanol–water partition coefficient (Wildman–Crippen LogP) is 1.67. The fraction of sp³-hybridized carbons (Fsp3) is 0.714. The van der Waals surface area contributed by atoms with Gasteiger partial charge in [0.05, 0.1) is 0 Å². The second-order valence-corrected chi connectivity index (χ2v) is 6.70. The second-order valence-electron chi connectivity index (χ2n) is 5.81. The SMILES string of the molecule is Nc1nc(C(=O)N2CCC(CN3CCCC3)CC2)cs1. The lowest BCUT2D eigenvalue weighted by Crippen LogP contribution is -2.41. The Kier molecular flexibility index (Phi) is 4.21. The molecular formula is C14H22N4OS. The summed E-state index contributed by atoms with van der Waals surface area (Å²) in [5, 5.41) is 2.23. The van der Waals surface area contributed by atoms with E-state index in [2.05, 4.69) is 9.88 Å². The summed E-state index contributed by atoms with van der Waals surface area (Å²) in [6, 6.07) is 0. The number of piperidine rings is 1. The van der Waals surface area contributed by atoms with Gasteiger partial charge in [0.1, 0.15) is 5.69 Å². The van der Waals surface area contributed by atoms with E-state index < -0.39 is 0 Å². The van der Waals surface area contributed by atoms with Crippen LogP contribution in [0.3, 0.4) is 0 Å². The van der Waals surface area contributed by atoms with Gasteiger partial charge in [0.25, 0.3) is 5.91 Å². The van der Waals surface area contributed by atoms with E-state index >= 15 is 0 Å². The van der Waals surface area contributed by atoms with Crippen LogP contribution in [0.1, 0.15) is 36.2 Å². The van der Waals surface area contributed by atoms with Crippen molar-refractivity contribution >= 4 is 22.4 Å². The van der Waals surface area contributed by atoms with Gasteiger partial charge in [-0.15, -0.1) is 11.3 Å². The van der Waals surface area contributed by atoms with Crippen molar-refractivity contribution in [2.45, 2.75) is 25.7 Å². The molecular weight excluding hydrogens is 272 g/mol. The van der Waals surface area contributed by atoms with Gasteiger partial charge in [-0.25, -0.2) is 4.98 Å². The highest BCUT2D eigenvalue weighted by Gasteiger charge is 2.26. The van der Waals surface area contributed by atoms with Crippen LogP contribution in [0.25, 0.3) is 0 Å². The number of nitrogens with zero attached hydrogens (tertiary/aromatic N) is 3. The van der Waals surface area contributed by atoms with Gasteiger partial charge < -0.3 is 15.5 Å². The first-order valence-electron chi connectivity index (χ1n) is 7.45. The molecule has 1 amide bonds. The summed E-state index contributed by atoms with van der Waals surface area (Å²) in [5.41, 5.74) is 6.10. The van der Waals surface area contributed by atoms with Gasteiger partial charge >= 0.3 is 0 Å². The zero-order valence-corrected chi connectivity index (χ0v) is 12.6. The number of anilines is 1. The van der Waals surface area contributed by atoms with Crippen LogP contribution >= 0.6 is 11.3 Å². The number of hydrogen-bond donors (Lipinski definition) is 1. The molecule has 0 aliphatic carbocycles. The van der Waals surface area contributed by atoms with E-state index in [0.717, 1.165) is 31.8 Å². The third kappa shape index (κ3) is 3.12. The molecule has 6 heteroatoms. The Balaban J connectivity index is 1.49. The van der Waals surface area contributed by atoms with Gasteiger partial charge in [-0.05, 0) is 44.7 Å². The molecule has 2 N–H and O–H groups in total. The number of nitrogens with two attached hydrogens (primary N) is 1. The minimum Gasteiger partial charge on any atom is -0.375 e. The molecule has 5 nitrogen and oxygen atoms in total. The fourth-order valence-electron chi connectivity index (χ4n) is 3.20. The summed E-state index contributed by atoms with van der Waals surface area (Å²) >= 11 is 1.33. The molecule has 0 radical (unpaired) electrons. The second kappa shape index (κ2) is 6.10. The molecule has 0 spiro atoms. The summed E-state index contributed by atoms with van der Waals surface area (Å²) in [6.07, 6.45) is 4.93. The first-order chi connectivity index (χ1) is 9.72. The lowest BCUT2D eigenvalue weighted by atomic mass is 9.96. The number of hydrogen-bond acceptors (Lipinski definition) is 5. The molecule has 3 rings (SSSR count). The van der Waals surface area contributed by atoms with Gasteiger partial charge in [-0.2, -0.15) is 0 Å². The van der Waals surface area contributed by atoms with Crippen LogP contribution < -0.4 is 5.73 Å². The van der Waals surface area contributed by atoms with Crippen molar-refractivity contribution in [1.29, 1.82) is 0 Å². The smallest absolute Gasteiger partial charge is 0.273 e. The molecule has 3 heterocycles. The Morgan fingerprint density at radius 1 is 1.30 bits per heavy atom. The van der Waals surface area contributed by atoms with E-state index in [0.29, 0.717) is 10.8 Å². The molecule has 1 aromatic rings. The third-order valence-electron chi connectivity index (χ3n) is 4.36. The summed E-state index contributed by atoms with van der Waals surface area (Å²) in [6.45, 7) is 5.45.